The van der Waals surface area contributed by atoms with Crippen molar-refractivity contribution in [2.24, 2.45) is 0 Å². The highest BCUT2D eigenvalue weighted by atomic mass is 35.5. The summed E-state index contributed by atoms with van der Waals surface area (Å²) in [6, 6.07) is 3.95. The molecule has 16 heavy (non-hydrogen) atoms. The lowest BCUT2D eigenvalue weighted by Gasteiger charge is -2.03. The van der Waals surface area contributed by atoms with Crippen LogP contribution in [-0.2, 0) is 5.88 Å². The molecule has 4 heteroatoms. The minimum atomic E-state index is 0.439. The van der Waals surface area contributed by atoms with E-state index < -0.39 is 0 Å². The highest BCUT2D eigenvalue weighted by Gasteiger charge is 2.03. The van der Waals surface area contributed by atoms with E-state index in [1.165, 1.54) is 0 Å². The van der Waals surface area contributed by atoms with E-state index in [4.69, 9.17) is 11.6 Å². The topological polar surface area (TPSA) is 38.7 Å². The molecule has 0 amide bonds. The Labute approximate surface area is 99.5 Å². The number of hydrogen-bond donors (Lipinski definition) is 0. The molecule has 3 nitrogen and oxygen atoms in total. The van der Waals surface area contributed by atoms with Crippen molar-refractivity contribution in [1.29, 1.82) is 0 Å². The number of pyridine rings is 1. The van der Waals surface area contributed by atoms with Crippen LogP contribution >= 0.6 is 11.6 Å². The Bertz CT molecular complexity index is 474. The molecule has 0 aliphatic heterocycles. The normalized spacial score (nSPS) is 10.4. The molecule has 2 aromatic heterocycles. The number of nitrogens with zero attached hydrogens (tertiary/aromatic N) is 3. The van der Waals surface area contributed by atoms with Gasteiger partial charge in [-0.1, -0.05) is 0 Å². The van der Waals surface area contributed by atoms with E-state index in [2.05, 4.69) is 15.0 Å². The number of aromatic nitrogens is 3. The molecule has 0 aromatic carbocycles. The van der Waals surface area contributed by atoms with E-state index in [0.29, 0.717) is 11.7 Å². The summed E-state index contributed by atoms with van der Waals surface area (Å²) in [5, 5.41) is 0. The van der Waals surface area contributed by atoms with Crippen molar-refractivity contribution in [3.05, 3.63) is 41.5 Å². The SMILES string of the molecule is Cc1cc(-c2ncc(CCl)cn2)cc(C)n1. The first-order valence-corrected chi connectivity index (χ1v) is 5.55. The Morgan fingerprint density at radius 1 is 1.06 bits per heavy atom. The lowest BCUT2D eigenvalue weighted by atomic mass is 10.2. The molecule has 0 atom stereocenters. The van der Waals surface area contributed by atoms with Crippen molar-refractivity contribution in [2.45, 2.75) is 19.7 Å². The third-order valence-corrected chi connectivity index (χ3v) is 2.51. The fraction of sp³-hybridized carbons (Fsp3) is 0.250. The van der Waals surface area contributed by atoms with E-state index in [1.54, 1.807) is 12.4 Å². The molecule has 2 aromatic rings. The van der Waals surface area contributed by atoms with Crippen LogP contribution < -0.4 is 0 Å². The molecule has 0 N–H and O–H groups in total. The summed E-state index contributed by atoms with van der Waals surface area (Å²) in [6.45, 7) is 3.92. The van der Waals surface area contributed by atoms with Crippen molar-refractivity contribution >= 4 is 11.6 Å². The number of alkyl halides is 1. The molecule has 0 fully saturated rings. The maximum Gasteiger partial charge on any atom is 0.159 e. The van der Waals surface area contributed by atoms with Gasteiger partial charge in [0.2, 0.25) is 0 Å². The van der Waals surface area contributed by atoms with Crippen LogP contribution in [0.5, 0.6) is 0 Å². The summed E-state index contributed by atoms with van der Waals surface area (Å²) in [5.41, 5.74) is 3.86. The third-order valence-electron chi connectivity index (χ3n) is 2.20. The molecule has 0 radical (unpaired) electrons. The molecule has 82 valence electrons. The van der Waals surface area contributed by atoms with Gasteiger partial charge in [0.1, 0.15) is 0 Å². The van der Waals surface area contributed by atoms with Gasteiger partial charge in [-0.2, -0.15) is 0 Å². The average molecular weight is 234 g/mol. The maximum atomic E-state index is 5.69. The van der Waals surface area contributed by atoms with E-state index in [9.17, 15) is 0 Å². The lowest BCUT2D eigenvalue weighted by molar-refractivity contribution is 1.09. The summed E-state index contributed by atoms with van der Waals surface area (Å²) in [7, 11) is 0. The Hall–Kier alpha value is -1.48. The predicted octanol–water partition coefficient (Wildman–Crippen LogP) is 2.89. The number of halogens is 1. The summed E-state index contributed by atoms with van der Waals surface area (Å²) in [6.07, 6.45) is 3.50. The zero-order valence-electron chi connectivity index (χ0n) is 9.24. The van der Waals surface area contributed by atoms with Crippen LogP contribution in [0.2, 0.25) is 0 Å². The van der Waals surface area contributed by atoms with E-state index >= 15 is 0 Å². The fourth-order valence-corrected chi connectivity index (χ4v) is 1.67. The minimum absolute atomic E-state index is 0.439. The monoisotopic (exact) mass is 233 g/mol. The quantitative estimate of drug-likeness (QED) is 0.749. The summed E-state index contributed by atoms with van der Waals surface area (Å²) in [4.78, 5) is 12.9. The highest BCUT2D eigenvalue weighted by molar-refractivity contribution is 6.17. The first-order valence-electron chi connectivity index (χ1n) is 5.01. The van der Waals surface area contributed by atoms with Gasteiger partial charge in [-0.3, -0.25) is 4.98 Å². The predicted molar refractivity (Wildman–Crippen MR) is 64.3 cm³/mol. The minimum Gasteiger partial charge on any atom is -0.258 e. The Kier molecular flexibility index (Phi) is 3.15. The Morgan fingerprint density at radius 3 is 2.12 bits per heavy atom. The first-order chi connectivity index (χ1) is 7.69. The second-order valence-corrected chi connectivity index (χ2v) is 3.95. The molecule has 0 unspecified atom stereocenters. The van der Waals surface area contributed by atoms with Crippen molar-refractivity contribution < 1.29 is 0 Å². The van der Waals surface area contributed by atoms with Gasteiger partial charge in [-0.25, -0.2) is 9.97 Å². The molecular weight excluding hydrogens is 222 g/mol. The van der Waals surface area contributed by atoms with E-state index in [1.807, 2.05) is 26.0 Å². The number of aryl methyl sites for hydroxylation is 2. The molecule has 0 spiro atoms. The van der Waals surface area contributed by atoms with Crippen LogP contribution in [0.4, 0.5) is 0 Å². The van der Waals surface area contributed by atoms with Crippen molar-refractivity contribution in [3.63, 3.8) is 0 Å². The Balaban J connectivity index is 2.42. The van der Waals surface area contributed by atoms with Crippen molar-refractivity contribution in [3.8, 4) is 11.4 Å². The van der Waals surface area contributed by atoms with Gasteiger partial charge in [0.15, 0.2) is 5.82 Å². The van der Waals surface area contributed by atoms with Crippen LogP contribution in [0.1, 0.15) is 17.0 Å². The summed E-state index contributed by atoms with van der Waals surface area (Å²) in [5.74, 6) is 1.15. The van der Waals surface area contributed by atoms with Gasteiger partial charge in [0.25, 0.3) is 0 Å². The maximum absolute atomic E-state index is 5.69. The fourth-order valence-electron chi connectivity index (χ4n) is 1.54. The van der Waals surface area contributed by atoms with Gasteiger partial charge in [0, 0.05) is 34.9 Å². The van der Waals surface area contributed by atoms with Crippen LogP contribution in [0, 0.1) is 13.8 Å². The molecule has 0 saturated heterocycles. The van der Waals surface area contributed by atoms with Gasteiger partial charge in [0.05, 0.1) is 5.88 Å². The first kappa shape index (κ1) is 11.0. The largest absolute Gasteiger partial charge is 0.258 e. The smallest absolute Gasteiger partial charge is 0.159 e. The molecule has 0 aliphatic rings. The highest BCUT2D eigenvalue weighted by Crippen LogP contribution is 2.16. The second kappa shape index (κ2) is 4.58. The zero-order valence-corrected chi connectivity index (χ0v) is 9.99. The van der Waals surface area contributed by atoms with Gasteiger partial charge in [-0.15, -0.1) is 11.6 Å². The van der Waals surface area contributed by atoms with Gasteiger partial charge < -0.3 is 0 Å². The molecule has 0 bridgehead atoms. The van der Waals surface area contributed by atoms with Crippen LogP contribution in [0.3, 0.4) is 0 Å². The number of hydrogen-bond acceptors (Lipinski definition) is 3. The van der Waals surface area contributed by atoms with Crippen molar-refractivity contribution in [1.82, 2.24) is 15.0 Å². The van der Waals surface area contributed by atoms with Crippen LogP contribution in [0.25, 0.3) is 11.4 Å². The third kappa shape index (κ3) is 2.36. The van der Waals surface area contributed by atoms with Gasteiger partial charge in [-0.05, 0) is 26.0 Å². The molecular formula is C12H12ClN3. The molecule has 0 saturated carbocycles. The Morgan fingerprint density at radius 2 is 1.62 bits per heavy atom. The molecule has 0 aliphatic carbocycles. The second-order valence-electron chi connectivity index (χ2n) is 3.69. The van der Waals surface area contributed by atoms with Crippen molar-refractivity contribution in [2.75, 3.05) is 0 Å². The standard InChI is InChI=1S/C12H12ClN3/c1-8-3-11(4-9(2)16-8)12-14-6-10(5-13)7-15-12/h3-4,6-7H,5H2,1-2H3. The summed E-state index contributed by atoms with van der Waals surface area (Å²) < 4.78 is 0. The van der Waals surface area contributed by atoms with Crippen LogP contribution in [-0.4, -0.2) is 15.0 Å². The number of rotatable bonds is 2. The lowest BCUT2D eigenvalue weighted by Crippen LogP contribution is -1.93. The molecule has 2 heterocycles. The average Bonchev–Trinajstić information content (AvgIpc) is 2.28. The molecule has 2 rings (SSSR count). The van der Waals surface area contributed by atoms with E-state index in [-0.39, 0.29) is 0 Å². The van der Waals surface area contributed by atoms with Crippen LogP contribution in [0.15, 0.2) is 24.5 Å². The zero-order chi connectivity index (χ0) is 11.5. The van der Waals surface area contributed by atoms with E-state index in [0.717, 1.165) is 22.5 Å². The van der Waals surface area contributed by atoms with Gasteiger partial charge >= 0.3 is 0 Å². The summed E-state index contributed by atoms with van der Waals surface area (Å²) >= 11 is 5.69.